The van der Waals surface area contributed by atoms with Crippen LogP contribution in [-0.2, 0) is 21.2 Å². The van der Waals surface area contributed by atoms with E-state index in [1.54, 1.807) is 0 Å². The molecule has 0 saturated carbocycles. The van der Waals surface area contributed by atoms with E-state index in [1.165, 1.54) is 27.6 Å². The number of carbonyl (C=O) groups is 1. The smallest absolute Gasteiger partial charge is 0.243 e. The summed E-state index contributed by atoms with van der Waals surface area (Å²) in [7, 11) is -3.74. The van der Waals surface area contributed by atoms with E-state index in [0.717, 1.165) is 31.4 Å². The number of hydrogen-bond donors (Lipinski definition) is 1. The van der Waals surface area contributed by atoms with Crippen LogP contribution in [0, 0.1) is 11.7 Å². The highest BCUT2D eigenvalue weighted by Gasteiger charge is 2.34. The zero-order chi connectivity index (χ0) is 20.4. The summed E-state index contributed by atoms with van der Waals surface area (Å²) in [6, 6.07) is 13.0. The zero-order valence-electron chi connectivity index (χ0n) is 16.2. The Morgan fingerprint density at radius 1 is 1.03 bits per heavy atom. The Morgan fingerprint density at radius 2 is 1.79 bits per heavy atom. The van der Waals surface area contributed by atoms with Crippen LogP contribution in [0.1, 0.15) is 42.9 Å². The van der Waals surface area contributed by atoms with Crippen molar-refractivity contribution in [2.24, 2.45) is 5.92 Å². The average molecular weight is 417 g/mol. The molecule has 4 rings (SSSR count). The van der Waals surface area contributed by atoms with E-state index in [0.29, 0.717) is 19.4 Å². The summed E-state index contributed by atoms with van der Waals surface area (Å²) in [5.41, 5.74) is 2.44. The summed E-state index contributed by atoms with van der Waals surface area (Å²) in [6.07, 6.45) is 4.23. The SMILES string of the molecule is O=C(N[C@@H]1CCCc2ccccc21)[C@@H]1CCCN(S(=O)(=O)c2ccc(F)cc2)C1. The van der Waals surface area contributed by atoms with E-state index < -0.39 is 15.8 Å². The highest BCUT2D eigenvalue weighted by molar-refractivity contribution is 7.89. The molecule has 1 N–H and O–H groups in total. The molecule has 0 aromatic heterocycles. The number of rotatable bonds is 4. The van der Waals surface area contributed by atoms with Gasteiger partial charge in [0.05, 0.1) is 16.9 Å². The quantitative estimate of drug-likeness (QED) is 0.831. The van der Waals surface area contributed by atoms with Gasteiger partial charge in [-0.15, -0.1) is 0 Å². The largest absolute Gasteiger partial charge is 0.349 e. The van der Waals surface area contributed by atoms with E-state index in [1.807, 2.05) is 12.1 Å². The first kappa shape index (κ1) is 20.0. The molecular weight excluding hydrogens is 391 g/mol. The molecule has 2 aromatic carbocycles. The molecule has 0 bridgehead atoms. The van der Waals surface area contributed by atoms with Crippen molar-refractivity contribution in [1.29, 1.82) is 0 Å². The van der Waals surface area contributed by atoms with Crippen LogP contribution in [0.4, 0.5) is 4.39 Å². The van der Waals surface area contributed by atoms with Crippen LogP contribution in [0.15, 0.2) is 53.4 Å². The van der Waals surface area contributed by atoms with Crippen molar-refractivity contribution in [2.45, 2.75) is 43.0 Å². The van der Waals surface area contributed by atoms with Crippen LogP contribution in [-0.4, -0.2) is 31.7 Å². The van der Waals surface area contributed by atoms with Gasteiger partial charge in [-0.2, -0.15) is 4.31 Å². The second-order valence-corrected chi connectivity index (χ2v) is 9.75. The number of hydrogen-bond acceptors (Lipinski definition) is 3. The summed E-state index contributed by atoms with van der Waals surface area (Å²) >= 11 is 0. The second kappa shape index (κ2) is 8.24. The molecule has 7 heteroatoms. The van der Waals surface area contributed by atoms with Crippen LogP contribution in [0.2, 0.25) is 0 Å². The number of carbonyl (C=O) groups excluding carboxylic acids is 1. The van der Waals surface area contributed by atoms with Gasteiger partial charge >= 0.3 is 0 Å². The van der Waals surface area contributed by atoms with Gasteiger partial charge in [-0.3, -0.25) is 4.79 Å². The van der Waals surface area contributed by atoms with Crippen molar-refractivity contribution in [3.63, 3.8) is 0 Å². The first-order valence-corrected chi connectivity index (χ1v) is 11.5. The third kappa shape index (κ3) is 4.21. The number of aryl methyl sites for hydroxylation is 1. The first-order chi connectivity index (χ1) is 13.9. The molecular formula is C22H25FN2O3S. The Kier molecular flexibility index (Phi) is 5.69. The van der Waals surface area contributed by atoms with Crippen molar-refractivity contribution < 1.29 is 17.6 Å². The molecule has 1 saturated heterocycles. The maximum Gasteiger partial charge on any atom is 0.243 e. The first-order valence-electron chi connectivity index (χ1n) is 10.1. The van der Waals surface area contributed by atoms with Crippen LogP contribution in [0.25, 0.3) is 0 Å². The van der Waals surface area contributed by atoms with E-state index in [4.69, 9.17) is 0 Å². The maximum atomic E-state index is 13.2. The van der Waals surface area contributed by atoms with Crippen LogP contribution in [0.5, 0.6) is 0 Å². The lowest BCUT2D eigenvalue weighted by Crippen LogP contribution is -2.46. The zero-order valence-corrected chi connectivity index (χ0v) is 17.0. The Labute approximate surface area is 171 Å². The van der Waals surface area contributed by atoms with Crippen LogP contribution in [0.3, 0.4) is 0 Å². The van der Waals surface area contributed by atoms with Gasteiger partial charge in [-0.05, 0) is 67.5 Å². The van der Waals surface area contributed by atoms with Gasteiger partial charge in [0.2, 0.25) is 15.9 Å². The number of fused-ring (bicyclic) bond motifs is 1. The Hall–Kier alpha value is -2.25. The maximum absolute atomic E-state index is 13.2. The summed E-state index contributed by atoms with van der Waals surface area (Å²) in [4.78, 5) is 13.0. The Bertz CT molecular complexity index is 991. The van der Waals surface area contributed by atoms with Crippen LogP contribution < -0.4 is 5.32 Å². The van der Waals surface area contributed by atoms with Gasteiger partial charge in [0.15, 0.2) is 0 Å². The summed E-state index contributed by atoms with van der Waals surface area (Å²) in [6.45, 7) is 0.523. The molecule has 1 aliphatic heterocycles. The molecule has 5 nitrogen and oxygen atoms in total. The van der Waals surface area contributed by atoms with Crippen molar-refractivity contribution in [1.82, 2.24) is 9.62 Å². The Morgan fingerprint density at radius 3 is 2.59 bits per heavy atom. The fourth-order valence-electron chi connectivity index (χ4n) is 4.32. The normalized spacial score (nSPS) is 22.7. The topological polar surface area (TPSA) is 66.5 Å². The number of benzene rings is 2. The average Bonchev–Trinajstić information content (AvgIpc) is 2.74. The molecule has 1 aliphatic carbocycles. The van der Waals surface area contributed by atoms with Crippen molar-refractivity contribution in [2.75, 3.05) is 13.1 Å². The van der Waals surface area contributed by atoms with E-state index in [-0.39, 0.29) is 29.3 Å². The minimum absolute atomic E-state index is 0.0171. The number of piperidine rings is 1. The second-order valence-electron chi connectivity index (χ2n) is 7.81. The minimum atomic E-state index is -3.74. The fraction of sp³-hybridized carbons (Fsp3) is 0.409. The minimum Gasteiger partial charge on any atom is -0.349 e. The molecule has 0 radical (unpaired) electrons. The van der Waals surface area contributed by atoms with Gasteiger partial charge in [0.1, 0.15) is 5.82 Å². The molecule has 29 heavy (non-hydrogen) atoms. The number of halogens is 1. The molecule has 2 aliphatic rings. The van der Waals surface area contributed by atoms with Crippen molar-refractivity contribution in [3.8, 4) is 0 Å². The van der Waals surface area contributed by atoms with Gasteiger partial charge in [-0.1, -0.05) is 24.3 Å². The van der Waals surface area contributed by atoms with Crippen molar-refractivity contribution >= 4 is 15.9 Å². The highest BCUT2D eigenvalue weighted by Crippen LogP contribution is 2.31. The van der Waals surface area contributed by atoms with Gasteiger partial charge in [0.25, 0.3) is 0 Å². The fourth-order valence-corrected chi connectivity index (χ4v) is 5.85. The lowest BCUT2D eigenvalue weighted by atomic mass is 9.87. The molecule has 2 atom stereocenters. The Balaban J connectivity index is 1.46. The highest BCUT2D eigenvalue weighted by atomic mass is 32.2. The molecule has 154 valence electrons. The molecule has 2 aromatic rings. The molecule has 1 fully saturated rings. The lowest BCUT2D eigenvalue weighted by Gasteiger charge is -2.33. The number of sulfonamides is 1. The van der Waals surface area contributed by atoms with Crippen LogP contribution >= 0.6 is 0 Å². The predicted molar refractivity (Wildman–Crippen MR) is 108 cm³/mol. The van der Waals surface area contributed by atoms with E-state index >= 15 is 0 Å². The van der Waals surface area contributed by atoms with Gasteiger partial charge < -0.3 is 5.32 Å². The summed E-state index contributed by atoms with van der Waals surface area (Å²) in [5.74, 6) is -0.952. The van der Waals surface area contributed by atoms with Crippen molar-refractivity contribution in [3.05, 3.63) is 65.5 Å². The number of amides is 1. The molecule has 0 spiro atoms. The van der Waals surface area contributed by atoms with E-state index in [9.17, 15) is 17.6 Å². The third-order valence-corrected chi connectivity index (χ3v) is 7.77. The predicted octanol–water partition coefficient (Wildman–Crippen LogP) is 3.42. The van der Waals surface area contributed by atoms with Gasteiger partial charge in [0, 0.05) is 13.1 Å². The number of nitrogens with zero attached hydrogens (tertiary/aromatic N) is 1. The summed E-state index contributed by atoms with van der Waals surface area (Å²) in [5, 5.41) is 3.15. The lowest BCUT2D eigenvalue weighted by molar-refractivity contribution is -0.127. The third-order valence-electron chi connectivity index (χ3n) is 5.89. The monoisotopic (exact) mass is 416 g/mol. The molecule has 0 unspecified atom stereocenters. The summed E-state index contributed by atoms with van der Waals surface area (Å²) < 4.78 is 40.3. The molecule has 1 heterocycles. The molecule has 1 amide bonds. The van der Waals surface area contributed by atoms with Gasteiger partial charge in [-0.25, -0.2) is 12.8 Å². The standard InChI is InChI=1S/C22H25FN2O3S/c23-18-10-12-19(13-11-18)29(27,28)25-14-4-7-17(15-25)22(26)24-21-9-3-6-16-5-1-2-8-20(16)21/h1-2,5,8,10-13,17,21H,3-4,6-7,9,14-15H2,(H,24,26)/t17-,21-/m1/s1. The number of nitrogens with one attached hydrogen (secondary N) is 1. The van der Waals surface area contributed by atoms with E-state index in [2.05, 4.69) is 17.4 Å².